The van der Waals surface area contributed by atoms with E-state index in [4.69, 9.17) is 0 Å². The highest BCUT2D eigenvalue weighted by molar-refractivity contribution is 6.03. The van der Waals surface area contributed by atoms with Gasteiger partial charge in [0.05, 0.1) is 22.8 Å². The molecule has 0 amide bonds. The van der Waals surface area contributed by atoms with E-state index in [1.54, 1.807) is 18.5 Å². The van der Waals surface area contributed by atoms with Gasteiger partial charge < -0.3 is 0 Å². The maximum Gasteiger partial charge on any atom is 0.416 e. The Balaban J connectivity index is 2.10. The number of fused-ring (bicyclic) bond motifs is 2. The molecule has 0 unspecified atom stereocenters. The zero-order valence-corrected chi connectivity index (χ0v) is 11.7. The van der Waals surface area contributed by atoms with Gasteiger partial charge in [-0.05, 0) is 35.4 Å². The average molecular weight is 313 g/mol. The van der Waals surface area contributed by atoms with Crippen LogP contribution in [0.25, 0.3) is 32.9 Å². The van der Waals surface area contributed by atoms with Crippen LogP contribution in [-0.2, 0) is 6.18 Å². The zero-order chi connectivity index (χ0) is 16.0. The summed E-state index contributed by atoms with van der Waals surface area (Å²) in [6.07, 6.45) is -1.28. The third-order valence-electron chi connectivity index (χ3n) is 3.83. The van der Waals surface area contributed by atoms with E-state index in [1.165, 1.54) is 6.07 Å². The minimum Gasteiger partial charge on any atom is -0.278 e. The Hall–Kier alpha value is -2.89. The molecule has 0 saturated heterocycles. The lowest BCUT2D eigenvalue weighted by atomic mass is 9.96. The van der Waals surface area contributed by atoms with E-state index in [1.807, 2.05) is 24.3 Å². The summed E-state index contributed by atoms with van der Waals surface area (Å²) in [4.78, 5) is 4.26. The molecule has 0 atom stereocenters. The number of alkyl halides is 3. The van der Waals surface area contributed by atoms with Gasteiger partial charge >= 0.3 is 6.18 Å². The maximum absolute atomic E-state index is 13.2. The van der Waals surface area contributed by atoms with E-state index in [2.05, 4.69) is 15.2 Å². The summed E-state index contributed by atoms with van der Waals surface area (Å²) in [5.74, 6) is 0. The van der Waals surface area contributed by atoms with Gasteiger partial charge in [-0.3, -0.25) is 10.1 Å². The summed E-state index contributed by atoms with van der Waals surface area (Å²) in [6, 6.07) is 11.3. The van der Waals surface area contributed by atoms with Crippen molar-refractivity contribution in [3.8, 4) is 11.1 Å². The highest BCUT2D eigenvalue weighted by Gasteiger charge is 2.32. The molecule has 0 fully saturated rings. The number of aromatic nitrogens is 3. The van der Waals surface area contributed by atoms with Gasteiger partial charge in [0.15, 0.2) is 0 Å². The van der Waals surface area contributed by atoms with Crippen molar-refractivity contribution in [1.29, 1.82) is 0 Å². The molecule has 0 spiro atoms. The van der Waals surface area contributed by atoms with Gasteiger partial charge in [-0.25, -0.2) is 0 Å². The second kappa shape index (κ2) is 4.81. The van der Waals surface area contributed by atoms with Crippen molar-refractivity contribution in [2.45, 2.75) is 6.18 Å². The van der Waals surface area contributed by atoms with Crippen LogP contribution < -0.4 is 0 Å². The summed E-state index contributed by atoms with van der Waals surface area (Å²) >= 11 is 0. The minimum atomic E-state index is -4.42. The van der Waals surface area contributed by atoms with Crippen molar-refractivity contribution >= 4 is 21.8 Å². The molecule has 0 aliphatic rings. The Morgan fingerprint density at radius 2 is 1.74 bits per heavy atom. The molecule has 2 heterocycles. The summed E-state index contributed by atoms with van der Waals surface area (Å²) < 4.78 is 39.6. The molecule has 3 nitrogen and oxygen atoms in total. The number of H-pyrrole nitrogens is 1. The molecule has 6 heteroatoms. The zero-order valence-electron chi connectivity index (χ0n) is 11.7. The van der Waals surface area contributed by atoms with Crippen LogP contribution in [0, 0.1) is 0 Å². The maximum atomic E-state index is 13.2. The number of nitrogens with zero attached hydrogens (tertiary/aromatic N) is 2. The molecule has 0 aliphatic carbocycles. The molecule has 0 bridgehead atoms. The van der Waals surface area contributed by atoms with E-state index in [9.17, 15) is 13.2 Å². The first-order valence-corrected chi connectivity index (χ1v) is 6.92. The Morgan fingerprint density at radius 1 is 0.913 bits per heavy atom. The molecule has 2 aromatic heterocycles. The van der Waals surface area contributed by atoms with E-state index in [0.29, 0.717) is 22.0 Å². The largest absolute Gasteiger partial charge is 0.416 e. The highest BCUT2D eigenvalue weighted by atomic mass is 19.4. The lowest BCUT2D eigenvalue weighted by Gasteiger charge is -2.12. The third-order valence-corrected chi connectivity index (χ3v) is 3.83. The van der Waals surface area contributed by atoms with Gasteiger partial charge in [0.2, 0.25) is 0 Å². The van der Waals surface area contributed by atoms with Gasteiger partial charge in [-0.2, -0.15) is 18.3 Å². The second-order valence-corrected chi connectivity index (χ2v) is 5.23. The van der Waals surface area contributed by atoms with Gasteiger partial charge in [-0.1, -0.05) is 18.2 Å². The smallest absolute Gasteiger partial charge is 0.278 e. The van der Waals surface area contributed by atoms with Crippen molar-refractivity contribution in [2.75, 3.05) is 0 Å². The molecular formula is C17H10F3N3. The number of para-hydroxylation sites is 1. The predicted octanol–water partition coefficient (Wildman–Crippen LogP) is 4.80. The van der Waals surface area contributed by atoms with Crippen LogP contribution in [0.2, 0.25) is 0 Å². The fourth-order valence-corrected chi connectivity index (χ4v) is 2.77. The van der Waals surface area contributed by atoms with Crippen LogP contribution in [0.1, 0.15) is 5.56 Å². The molecule has 4 aromatic rings. The van der Waals surface area contributed by atoms with Gasteiger partial charge in [0.25, 0.3) is 0 Å². The predicted molar refractivity (Wildman–Crippen MR) is 81.8 cm³/mol. The number of nitrogens with one attached hydrogen (secondary N) is 1. The second-order valence-electron chi connectivity index (χ2n) is 5.23. The first-order valence-electron chi connectivity index (χ1n) is 6.92. The number of rotatable bonds is 1. The number of aromatic amines is 1. The van der Waals surface area contributed by atoms with E-state index < -0.39 is 11.7 Å². The molecule has 0 aliphatic heterocycles. The van der Waals surface area contributed by atoms with Crippen molar-refractivity contribution in [1.82, 2.24) is 15.2 Å². The van der Waals surface area contributed by atoms with Gasteiger partial charge in [0, 0.05) is 17.0 Å². The van der Waals surface area contributed by atoms with Crippen LogP contribution in [0.5, 0.6) is 0 Å². The standard InChI is InChI=1S/C17H10F3N3/c18-17(19,20)10-7-13(14-9-22-23-16(14)8-10)11-5-6-21-15-4-2-1-3-12(11)15/h1-9H,(H,22,23). The third kappa shape index (κ3) is 2.23. The molecule has 4 rings (SSSR count). The Morgan fingerprint density at radius 3 is 2.57 bits per heavy atom. The first-order chi connectivity index (χ1) is 11.0. The van der Waals surface area contributed by atoms with Crippen molar-refractivity contribution < 1.29 is 13.2 Å². The molecular weight excluding hydrogens is 303 g/mol. The summed E-state index contributed by atoms with van der Waals surface area (Å²) in [6.45, 7) is 0. The van der Waals surface area contributed by atoms with Crippen LogP contribution >= 0.6 is 0 Å². The number of hydrogen-bond acceptors (Lipinski definition) is 2. The summed E-state index contributed by atoms with van der Waals surface area (Å²) in [7, 11) is 0. The van der Waals surface area contributed by atoms with E-state index >= 15 is 0 Å². The lowest BCUT2D eigenvalue weighted by Crippen LogP contribution is -2.05. The fraction of sp³-hybridized carbons (Fsp3) is 0.0588. The molecule has 0 saturated carbocycles. The molecule has 2 aromatic carbocycles. The number of benzene rings is 2. The number of halogens is 3. The van der Waals surface area contributed by atoms with E-state index in [-0.39, 0.29) is 0 Å². The number of pyridine rings is 1. The summed E-state index contributed by atoms with van der Waals surface area (Å²) in [5, 5.41) is 7.96. The minimum absolute atomic E-state index is 0.357. The van der Waals surface area contributed by atoms with Crippen molar-refractivity contribution in [3.63, 3.8) is 0 Å². The summed E-state index contributed by atoms with van der Waals surface area (Å²) in [5.41, 5.74) is 1.58. The van der Waals surface area contributed by atoms with Crippen molar-refractivity contribution in [3.05, 3.63) is 60.4 Å². The van der Waals surface area contributed by atoms with Crippen LogP contribution in [-0.4, -0.2) is 15.2 Å². The van der Waals surface area contributed by atoms with E-state index in [0.717, 1.165) is 17.0 Å². The average Bonchev–Trinajstić information content (AvgIpc) is 3.01. The van der Waals surface area contributed by atoms with Crippen LogP contribution in [0.3, 0.4) is 0 Å². The molecule has 0 radical (unpaired) electrons. The molecule has 23 heavy (non-hydrogen) atoms. The molecule has 114 valence electrons. The number of hydrogen-bond donors (Lipinski definition) is 1. The lowest BCUT2D eigenvalue weighted by molar-refractivity contribution is -0.137. The normalized spacial score (nSPS) is 12.1. The Bertz CT molecular complexity index is 1010. The first kappa shape index (κ1) is 13.8. The monoisotopic (exact) mass is 313 g/mol. The Labute approximate surface area is 128 Å². The SMILES string of the molecule is FC(F)(F)c1cc(-c2ccnc3ccccc23)c2cn[nH]c2c1. The Kier molecular flexibility index (Phi) is 2.87. The quantitative estimate of drug-likeness (QED) is 0.548. The van der Waals surface area contributed by atoms with Crippen LogP contribution in [0.15, 0.2) is 54.9 Å². The highest BCUT2D eigenvalue weighted by Crippen LogP contribution is 2.38. The molecule has 1 N–H and O–H groups in total. The van der Waals surface area contributed by atoms with Gasteiger partial charge in [0.1, 0.15) is 0 Å². The topological polar surface area (TPSA) is 41.6 Å². The van der Waals surface area contributed by atoms with Gasteiger partial charge in [-0.15, -0.1) is 0 Å². The van der Waals surface area contributed by atoms with Crippen LogP contribution in [0.4, 0.5) is 13.2 Å². The fourth-order valence-electron chi connectivity index (χ4n) is 2.77. The van der Waals surface area contributed by atoms with Crippen molar-refractivity contribution in [2.24, 2.45) is 0 Å².